The highest BCUT2D eigenvalue weighted by Crippen LogP contribution is 2.32. The first-order valence-corrected chi connectivity index (χ1v) is 25.3. The van der Waals surface area contributed by atoms with E-state index in [2.05, 4.69) is 41.5 Å². The Labute approximate surface area is 438 Å². The summed E-state index contributed by atoms with van der Waals surface area (Å²) in [6.45, 7) is 5.73. The van der Waals surface area contributed by atoms with Crippen LogP contribution in [0.25, 0.3) is 11.0 Å². The van der Waals surface area contributed by atoms with Crippen molar-refractivity contribution < 1.29 is 52.6 Å². The van der Waals surface area contributed by atoms with Crippen molar-refractivity contribution in [2.75, 3.05) is 62.0 Å². The monoisotopic (exact) mass is 1050 g/mol. The SMILES string of the molecule is COc1ccc2ncc(=O)n(CCN3CCC(N(C(=O)OCc4ccc(NC(=O)C(CCCNC(N)=O)NC(=O)C(NC(=O)CCCCCN5C(=O)C=CC5=O)C(C)C)cc4)c4ccc5c(n4)NC(=O)CO5)CC3)c2c1. The minimum absolute atomic E-state index is 0.102. The summed E-state index contributed by atoms with van der Waals surface area (Å²) in [5.41, 5.74) is 7.29. The lowest BCUT2D eigenvalue weighted by Gasteiger charge is -2.37. The number of imide groups is 1. The topological polar surface area (TPSA) is 308 Å². The first-order chi connectivity index (χ1) is 36.6. The van der Waals surface area contributed by atoms with Crippen LogP contribution in [0, 0.1) is 5.92 Å². The quantitative estimate of drug-likeness (QED) is 0.0434. The number of urea groups is 1. The van der Waals surface area contributed by atoms with Gasteiger partial charge in [-0.1, -0.05) is 32.4 Å². The largest absolute Gasteiger partial charge is 0.497 e. The molecule has 2 atom stereocenters. The molecule has 24 heteroatoms. The number of pyridine rings is 1. The number of ether oxygens (including phenoxy) is 3. The predicted molar refractivity (Wildman–Crippen MR) is 278 cm³/mol. The van der Waals surface area contributed by atoms with Gasteiger partial charge < -0.3 is 56.0 Å². The first-order valence-electron chi connectivity index (χ1n) is 25.3. The maximum atomic E-state index is 14.2. The molecular formula is C52H64N12O12. The van der Waals surface area contributed by atoms with E-state index in [1.807, 2.05) is 0 Å². The van der Waals surface area contributed by atoms with E-state index < -0.39 is 36.0 Å². The molecule has 0 spiro atoms. The second kappa shape index (κ2) is 26.2. The molecular weight excluding hydrogens is 985 g/mol. The standard InChI is InChI=1S/C52H64N12O12/c1-32(2)47(59-42(65)9-5-4-6-23-63-44(67)18-19-45(63)68)50(71)57-38(8-7-22-54-51(53)72)49(70)56-34-12-10-33(11-13-34)30-76-52(73)64(41-17-16-40-48(58-41)60-43(66)31-75-40)35-20-24-61(25-21-35)26-27-62-39-28-36(74-3)14-15-37(39)55-29-46(62)69/h10-19,28-29,32,35,38,47H,4-9,20-27,30-31H2,1-3H3,(H,56,70)(H,57,71)(H,59,65)(H3,53,54,72)(H,58,60,66). The van der Waals surface area contributed by atoms with Crippen LogP contribution in [0.15, 0.2) is 77.7 Å². The highest BCUT2D eigenvalue weighted by molar-refractivity contribution is 6.12. The number of aromatic nitrogens is 3. The molecule has 0 radical (unpaired) electrons. The Balaban J connectivity index is 0.949. The molecule has 3 aliphatic heterocycles. The van der Waals surface area contributed by atoms with Crippen LogP contribution in [0.3, 0.4) is 0 Å². The Bertz CT molecular complexity index is 2870. The zero-order valence-corrected chi connectivity index (χ0v) is 42.7. The Kier molecular flexibility index (Phi) is 19.1. The van der Waals surface area contributed by atoms with Crippen molar-refractivity contribution in [2.45, 2.75) is 96.5 Å². The van der Waals surface area contributed by atoms with Gasteiger partial charge >= 0.3 is 12.1 Å². The van der Waals surface area contributed by atoms with E-state index in [0.29, 0.717) is 92.1 Å². The van der Waals surface area contributed by atoms with Crippen molar-refractivity contribution in [3.63, 3.8) is 0 Å². The number of hydrogen-bond acceptors (Lipinski definition) is 15. The van der Waals surface area contributed by atoms with Gasteiger partial charge in [-0.2, -0.15) is 0 Å². The molecule has 2 aromatic heterocycles. The van der Waals surface area contributed by atoms with E-state index in [-0.39, 0.29) is 98.3 Å². The van der Waals surface area contributed by atoms with Gasteiger partial charge in [-0.15, -0.1) is 0 Å². The lowest BCUT2D eigenvalue weighted by molar-refractivity contribution is -0.137. The Morgan fingerprint density at radius 2 is 1.63 bits per heavy atom. The van der Waals surface area contributed by atoms with Crippen LogP contribution in [-0.4, -0.2) is 136 Å². The first kappa shape index (κ1) is 55.3. The normalized spacial score (nSPS) is 15.3. The molecule has 0 bridgehead atoms. The number of hydrogen-bond donors (Lipinski definition) is 6. The molecule has 1 saturated heterocycles. The lowest BCUT2D eigenvalue weighted by atomic mass is 10.0. The van der Waals surface area contributed by atoms with Crippen molar-refractivity contribution in [2.24, 2.45) is 11.7 Å². The van der Waals surface area contributed by atoms with Gasteiger partial charge in [-0.3, -0.25) is 43.4 Å². The number of nitrogens with zero attached hydrogens (tertiary/aromatic N) is 6. The van der Waals surface area contributed by atoms with Crippen molar-refractivity contribution in [1.82, 2.24) is 40.3 Å². The number of amides is 9. The molecule has 76 heavy (non-hydrogen) atoms. The molecule has 1 fully saturated rings. The molecule has 9 amide bonds. The number of likely N-dealkylation sites (tertiary alicyclic amines) is 1. The molecule has 2 unspecified atom stereocenters. The number of anilines is 3. The van der Waals surface area contributed by atoms with Crippen molar-refractivity contribution in [3.8, 4) is 11.5 Å². The van der Waals surface area contributed by atoms with Gasteiger partial charge in [0.05, 0.1) is 24.3 Å². The molecule has 7 rings (SSSR count). The number of carbonyl (C=O) groups excluding carboxylic acids is 8. The van der Waals surface area contributed by atoms with Crippen LogP contribution >= 0.6 is 0 Å². The second-order valence-electron chi connectivity index (χ2n) is 18.9. The number of fused-ring (bicyclic) bond motifs is 2. The number of methoxy groups -OCH3 is 1. The van der Waals surface area contributed by atoms with E-state index >= 15 is 0 Å². The van der Waals surface area contributed by atoms with Gasteiger partial charge in [0.1, 0.15) is 30.3 Å². The summed E-state index contributed by atoms with van der Waals surface area (Å²) in [5, 5.41) is 13.5. The predicted octanol–water partition coefficient (Wildman–Crippen LogP) is 2.94. The smallest absolute Gasteiger partial charge is 0.416 e. The zero-order valence-electron chi connectivity index (χ0n) is 42.7. The van der Waals surface area contributed by atoms with Gasteiger partial charge in [0, 0.05) is 75.6 Å². The Morgan fingerprint density at radius 3 is 2.34 bits per heavy atom. The number of benzene rings is 2. The number of carbonyl (C=O) groups is 8. The average Bonchev–Trinajstić information content (AvgIpc) is 3.73. The maximum Gasteiger partial charge on any atom is 0.416 e. The molecule has 2 aromatic carbocycles. The number of primary amides is 1. The van der Waals surface area contributed by atoms with Gasteiger partial charge in [-0.25, -0.2) is 19.6 Å². The Hall–Kier alpha value is -8.41. The van der Waals surface area contributed by atoms with Crippen LogP contribution in [0.4, 0.5) is 26.9 Å². The summed E-state index contributed by atoms with van der Waals surface area (Å²) in [7, 11) is 1.56. The third-order valence-corrected chi connectivity index (χ3v) is 13.2. The third kappa shape index (κ3) is 14.9. The number of piperidine rings is 1. The summed E-state index contributed by atoms with van der Waals surface area (Å²) in [6.07, 6.45) is 6.17. The summed E-state index contributed by atoms with van der Waals surface area (Å²) in [5.74, 6) is -1.59. The van der Waals surface area contributed by atoms with E-state index in [0.717, 1.165) is 4.90 Å². The summed E-state index contributed by atoms with van der Waals surface area (Å²) in [6, 6.07) is 12.1. The molecule has 7 N–H and O–H groups in total. The van der Waals surface area contributed by atoms with Gasteiger partial charge in [-0.05, 0) is 86.4 Å². The van der Waals surface area contributed by atoms with E-state index in [9.17, 15) is 43.2 Å². The number of nitrogens with one attached hydrogen (secondary N) is 5. The lowest BCUT2D eigenvalue weighted by Crippen LogP contribution is -2.54. The molecule has 4 aromatic rings. The number of nitrogens with two attached hydrogens (primary N) is 1. The van der Waals surface area contributed by atoms with E-state index in [1.165, 1.54) is 23.2 Å². The van der Waals surface area contributed by atoms with Crippen LogP contribution < -0.4 is 52.3 Å². The van der Waals surface area contributed by atoms with Crippen LogP contribution in [0.2, 0.25) is 0 Å². The van der Waals surface area contributed by atoms with Crippen LogP contribution in [0.5, 0.6) is 11.5 Å². The van der Waals surface area contributed by atoms with Crippen molar-refractivity contribution in [3.05, 3.63) is 88.9 Å². The van der Waals surface area contributed by atoms with E-state index in [1.54, 1.807) is 80.1 Å². The Morgan fingerprint density at radius 1 is 0.882 bits per heavy atom. The van der Waals surface area contributed by atoms with Crippen LogP contribution in [-0.2, 0) is 46.7 Å². The molecule has 3 aliphatic rings. The molecule has 0 aliphatic carbocycles. The zero-order chi connectivity index (χ0) is 54.3. The fourth-order valence-corrected chi connectivity index (χ4v) is 9.00. The third-order valence-electron chi connectivity index (χ3n) is 13.2. The molecule has 404 valence electrons. The highest BCUT2D eigenvalue weighted by atomic mass is 16.6. The fraction of sp³-hybridized carbons (Fsp3) is 0.442. The van der Waals surface area contributed by atoms with Crippen molar-refractivity contribution in [1.29, 1.82) is 0 Å². The molecule has 5 heterocycles. The summed E-state index contributed by atoms with van der Waals surface area (Å²) in [4.78, 5) is 128. The minimum atomic E-state index is -1.09. The summed E-state index contributed by atoms with van der Waals surface area (Å²) < 4.78 is 18.5. The fourth-order valence-electron chi connectivity index (χ4n) is 9.00. The van der Waals surface area contributed by atoms with Gasteiger partial charge in [0.25, 0.3) is 23.3 Å². The summed E-state index contributed by atoms with van der Waals surface area (Å²) >= 11 is 0. The van der Waals surface area contributed by atoms with Crippen molar-refractivity contribution >= 4 is 75.9 Å². The highest BCUT2D eigenvalue weighted by Gasteiger charge is 2.33. The number of unbranched alkanes of at least 4 members (excludes halogenated alkanes) is 2. The van der Waals surface area contributed by atoms with Gasteiger partial charge in [0.2, 0.25) is 17.7 Å². The average molecular weight is 1050 g/mol. The second-order valence-corrected chi connectivity index (χ2v) is 18.9. The van der Waals surface area contributed by atoms with Gasteiger partial charge in [0.15, 0.2) is 18.2 Å². The molecule has 24 nitrogen and oxygen atoms in total. The maximum absolute atomic E-state index is 14.2. The van der Waals surface area contributed by atoms with Crippen LogP contribution in [0.1, 0.15) is 70.8 Å². The molecule has 0 saturated carbocycles. The minimum Gasteiger partial charge on any atom is -0.497 e. The van der Waals surface area contributed by atoms with E-state index in [4.69, 9.17) is 19.9 Å². The number of rotatable bonds is 24.